The monoisotopic (exact) mass is 302 g/mol. The predicted molar refractivity (Wildman–Crippen MR) is 75.3 cm³/mol. The second-order valence-electron chi connectivity index (χ2n) is 3.62. The molecule has 0 aliphatic carbocycles. The Morgan fingerprint density at radius 1 is 1.00 bits per heavy atom. The molecule has 0 saturated heterocycles. The van der Waals surface area contributed by atoms with E-state index in [1.165, 1.54) is 6.08 Å². The second-order valence-corrected chi connectivity index (χ2v) is 4.53. The third-order valence-corrected chi connectivity index (χ3v) is 2.77. The molecule has 0 saturated carbocycles. The number of hydrogen-bond acceptors (Lipinski definition) is 2. The van der Waals surface area contributed by atoms with Crippen molar-refractivity contribution in [1.29, 1.82) is 0 Å². The first-order valence-electron chi connectivity index (χ1n) is 5.44. The minimum Gasteiger partial charge on any atom is -0.423 e. The summed E-state index contributed by atoms with van der Waals surface area (Å²) in [6.07, 6.45) is 3.13. The maximum Gasteiger partial charge on any atom is 0.336 e. The zero-order valence-corrected chi connectivity index (χ0v) is 11.1. The summed E-state index contributed by atoms with van der Waals surface area (Å²) in [6, 6.07) is 16.7. The molecule has 0 unspecified atom stereocenters. The van der Waals surface area contributed by atoms with Crippen molar-refractivity contribution in [2.24, 2.45) is 0 Å². The average Bonchev–Trinajstić information content (AvgIpc) is 2.39. The molecule has 0 fully saturated rings. The van der Waals surface area contributed by atoms with E-state index in [-0.39, 0.29) is 5.97 Å². The Kier molecular flexibility index (Phi) is 4.31. The minimum atomic E-state index is -0.385. The zero-order chi connectivity index (χ0) is 12.8. The molecule has 0 aliphatic rings. The second kappa shape index (κ2) is 6.17. The van der Waals surface area contributed by atoms with Crippen LogP contribution in [-0.2, 0) is 4.79 Å². The molecular weight excluding hydrogens is 292 g/mol. The summed E-state index contributed by atoms with van der Waals surface area (Å²) in [5.74, 6) is 0.159. The van der Waals surface area contributed by atoms with Crippen molar-refractivity contribution in [3.63, 3.8) is 0 Å². The molecule has 2 aromatic carbocycles. The molecule has 0 aromatic heterocycles. The van der Waals surface area contributed by atoms with E-state index in [4.69, 9.17) is 4.74 Å². The van der Waals surface area contributed by atoms with Crippen molar-refractivity contribution < 1.29 is 9.53 Å². The van der Waals surface area contributed by atoms with Crippen LogP contribution in [0.1, 0.15) is 5.56 Å². The maximum atomic E-state index is 11.5. The molecule has 0 atom stereocenters. The maximum absolute atomic E-state index is 11.5. The van der Waals surface area contributed by atoms with Gasteiger partial charge in [0, 0.05) is 10.5 Å². The molecule has 18 heavy (non-hydrogen) atoms. The standard InChI is InChI=1S/C15H11BrO2/c16-13-9-6-12(7-10-13)8-11-15(17)18-14-4-2-1-3-5-14/h1-11H/b11-8+. The lowest BCUT2D eigenvalue weighted by Crippen LogP contribution is -2.03. The van der Waals surface area contributed by atoms with Crippen LogP contribution in [0.5, 0.6) is 5.75 Å². The van der Waals surface area contributed by atoms with Crippen LogP contribution in [0, 0.1) is 0 Å². The van der Waals surface area contributed by atoms with Gasteiger partial charge in [-0.05, 0) is 35.9 Å². The highest BCUT2D eigenvalue weighted by molar-refractivity contribution is 9.10. The molecule has 3 heteroatoms. The Labute approximate surface area is 114 Å². The first kappa shape index (κ1) is 12.6. The fourth-order valence-corrected chi connectivity index (χ4v) is 1.64. The van der Waals surface area contributed by atoms with E-state index in [0.717, 1.165) is 10.0 Å². The summed E-state index contributed by atoms with van der Waals surface area (Å²) in [6.45, 7) is 0. The lowest BCUT2D eigenvalue weighted by atomic mass is 10.2. The molecule has 2 aromatic rings. The molecule has 0 spiro atoms. The van der Waals surface area contributed by atoms with E-state index in [2.05, 4.69) is 15.9 Å². The smallest absolute Gasteiger partial charge is 0.336 e. The van der Waals surface area contributed by atoms with E-state index in [9.17, 15) is 4.79 Å². The summed E-state index contributed by atoms with van der Waals surface area (Å²) in [7, 11) is 0. The number of rotatable bonds is 3. The fourth-order valence-electron chi connectivity index (χ4n) is 1.38. The lowest BCUT2D eigenvalue weighted by molar-refractivity contribution is -0.128. The number of ether oxygens (including phenoxy) is 1. The van der Waals surface area contributed by atoms with Crippen molar-refractivity contribution in [3.05, 3.63) is 70.7 Å². The Hall–Kier alpha value is -1.87. The van der Waals surface area contributed by atoms with Crippen molar-refractivity contribution in [2.75, 3.05) is 0 Å². The van der Waals surface area contributed by atoms with Gasteiger partial charge < -0.3 is 4.74 Å². The quantitative estimate of drug-likeness (QED) is 0.485. The first-order valence-corrected chi connectivity index (χ1v) is 6.24. The van der Waals surface area contributed by atoms with Crippen molar-refractivity contribution in [2.45, 2.75) is 0 Å². The van der Waals surface area contributed by atoms with Crippen LogP contribution in [0.3, 0.4) is 0 Å². The van der Waals surface area contributed by atoms with Crippen molar-refractivity contribution in [3.8, 4) is 5.75 Å². The number of benzene rings is 2. The number of esters is 1. The predicted octanol–water partition coefficient (Wildman–Crippen LogP) is 4.07. The van der Waals surface area contributed by atoms with E-state index < -0.39 is 0 Å². The Balaban J connectivity index is 1.97. The number of para-hydroxylation sites is 1. The highest BCUT2D eigenvalue weighted by Gasteiger charge is 1.98. The van der Waals surface area contributed by atoms with Gasteiger partial charge in [-0.15, -0.1) is 0 Å². The summed E-state index contributed by atoms with van der Waals surface area (Å²) in [4.78, 5) is 11.5. The topological polar surface area (TPSA) is 26.3 Å². The van der Waals surface area contributed by atoms with Crippen LogP contribution < -0.4 is 4.74 Å². The van der Waals surface area contributed by atoms with Gasteiger partial charge in [0.25, 0.3) is 0 Å². The summed E-state index contributed by atoms with van der Waals surface area (Å²) in [5, 5.41) is 0. The van der Waals surface area contributed by atoms with Gasteiger partial charge in [0.15, 0.2) is 0 Å². The highest BCUT2D eigenvalue weighted by Crippen LogP contribution is 2.12. The SMILES string of the molecule is O=C(/C=C/c1ccc(Br)cc1)Oc1ccccc1. The Morgan fingerprint density at radius 2 is 1.67 bits per heavy atom. The van der Waals surface area contributed by atoms with Gasteiger partial charge in [0.05, 0.1) is 0 Å². The largest absolute Gasteiger partial charge is 0.423 e. The van der Waals surface area contributed by atoms with Gasteiger partial charge in [-0.1, -0.05) is 46.3 Å². The first-order chi connectivity index (χ1) is 8.74. The van der Waals surface area contributed by atoms with Crippen molar-refractivity contribution in [1.82, 2.24) is 0 Å². The molecule has 0 radical (unpaired) electrons. The number of hydrogen-bond donors (Lipinski definition) is 0. The molecule has 0 aliphatic heterocycles. The Bertz CT molecular complexity index is 544. The molecule has 0 amide bonds. The van der Waals surface area contributed by atoms with Gasteiger partial charge in [-0.25, -0.2) is 4.79 Å². The van der Waals surface area contributed by atoms with Gasteiger partial charge in [-0.2, -0.15) is 0 Å². The molecule has 0 N–H and O–H groups in total. The van der Waals surface area contributed by atoms with Gasteiger partial charge in [0.1, 0.15) is 5.75 Å². The summed E-state index contributed by atoms with van der Waals surface area (Å²) >= 11 is 3.35. The highest BCUT2D eigenvalue weighted by atomic mass is 79.9. The van der Waals surface area contributed by atoms with Crippen LogP contribution in [-0.4, -0.2) is 5.97 Å². The minimum absolute atomic E-state index is 0.385. The van der Waals surface area contributed by atoms with Crippen LogP contribution in [0.25, 0.3) is 6.08 Å². The third kappa shape index (κ3) is 3.86. The zero-order valence-electron chi connectivity index (χ0n) is 9.55. The fraction of sp³-hybridized carbons (Fsp3) is 0. The molecule has 2 nitrogen and oxygen atoms in total. The van der Waals surface area contributed by atoms with E-state index in [1.807, 2.05) is 42.5 Å². The van der Waals surface area contributed by atoms with E-state index in [0.29, 0.717) is 5.75 Å². The van der Waals surface area contributed by atoms with Gasteiger partial charge >= 0.3 is 5.97 Å². The molecule has 0 bridgehead atoms. The lowest BCUT2D eigenvalue weighted by Gasteiger charge is -1.99. The Morgan fingerprint density at radius 3 is 2.33 bits per heavy atom. The number of carbonyl (C=O) groups is 1. The normalized spacial score (nSPS) is 10.5. The van der Waals surface area contributed by atoms with Gasteiger partial charge in [-0.3, -0.25) is 0 Å². The average molecular weight is 303 g/mol. The van der Waals surface area contributed by atoms with E-state index in [1.54, 1.807) is 18.2 Å². The van der Waals surface area contributed by atoms with Crippen LogP contribution in [0.15, 0.2) is 65.1 Å². The summed E-state index contributed by atoms with van der Waals surface area (Å²) < 4.78 is 6.13. The summed E-state index contributed by atoms with van der Waals surface area (Å²) in [5.41, 5.74) is 0.947. The van der Waals surface area contributed by atoms with Crippen LogP contribution in [0.4, 0.5) is 0 Å². The number of halogens is 1. The van der Waals surface area contributed by atoms with Gasteiger partial charge in [0.2, 0.25) is 0 Å². The molecular formula is C15H11BrO2. The molecule has 0 heterocycles. The molecule has 2 rings (SSSR count). The van der Waals surface area contributed by atoms with E-state index >= 15 is 0 Å². The van der Waals surface area contributed by atoms with Crippen LogP contribution in [0.2, 0.25) is 0 Å². The van der Waals surface area contributed by atoms with Crippen molar-refractivity contribution >= 4 is 28.0 Å². The molecule has 90 valence electrons. The number of carbonyl (C=O) groups excluding carboxylic acids is 1. The third-order valence-electron chi connectivity index (χ3n) is 2.24. The van der Waals surface area contributed by atoms with Crippen LogP contribution >= 0.6 is 15.9 Å².